The van der Waals surface area contributed by atoms with Gasteiger partial charge in [-0.1, -0.05) is 0 Å². The molecule has 0 spiro atoms. The van der Waals surface area contributed by atoms with Crippen LogP contribution < -0.4 is 19.9 Å². The van der Waals surface area contributed by atoms with Crippen molar-refractivity contribution in [2.45, 2.75) is 32.4 Å². The Morgan fingerprint density at radius 3 is 2.90 bits per heavy atom. The topological polar surface area (TPSA) is 90.6 Å². The van der Waals surface area contributed by atoms with Gasteiger partial charge in [0.15, 0.2) is 0 Å². The van der Waals surface area contributed by atoms with Gasteiger partial charge in [-0.25, -0.2) is 13.6 Å². The van der Waals surface area contributed by atoms with Gasteiger partial charge in [-0.3, -0.25) is 0 Å². The minimum Gasteiger partial charge on any atom is -0.496 e. The summed E-state index contributed by atoms with van der Waals surface area (Å²) in [5.74, 6) is 1.72. The first-order chi connectivity index (χ1) is 9.89. The second-order valence-corrected chi connectivity index (χ2v) is 7.04. The fraction of sp³-hybridized carbons (Fsp3) is 0.571. The van der Waals surface area contributed by atoms with Crippen LogP contribution in [0.1, 0.15) is 24.5 Å². The molecule has 6 nitrogen and oxygen atoms in total. The second-order valence-electron chi connectivity index (χ2n) is 5.30. The standard InChI is InChI=1S/C14H22N2O4S/c1-10-6-11-7-13(19-2)12(8-14(11)20-10)9-16-4-3-5-21(15,17)18/h7-8,10,16H,3-6,9H2,1-2H3,(H2,15,17,18). The van der Waals surface area contributed by atoms with E-state index in [0.717, 1.165) is 29.0 Å². The lowest BCUT2D eigenvalue weighted by atomic mass is 10.1. The largest absolute Gasteiger partial charge is 0.496 e. The van der Waals surface area contributed by atoms with Gasteiger partial charge in [0.05, 0.1) is 12.9 Å². The van der Waals surface area contributed by atoms with E-state index in [0.29, 0.717) is 19.5 Å². The zero-order valence-corrected chi connectivity index (χ0v) is 13.2. The Balaban J connectivity index is 1.92. The predicted molar refractivity (Wildman–Crippen MR) is 81.1 cm³/mol. The van der Waals surface area contributed by atoms with Crippen LogP contribution in [0.3, 0.4) is 0 Å². The molecule has 1 atom stereocenters. The molecule has 1 unspecified atom stereocenters. The minimum atomic E-state index is -3.38. The second kappa shape index (κ2) is 6.64. The number of methoxy groups -OCH3 is 1. The third-order valence-electron chi connectivity index (χ3n) is 3.40. The highest BCUT2D eigenvalue weighted by atomic mass is 32.2. The van der Waals surface area contributed by atoms with E-state index in [-0.39, 0.29) is 11.9 Å². The minimum absolute atomic E-state index is 0.0120. The first kappa shape index (κ1) is 16.1. The molecule has 0 aromatic heterocycles. The number of primary sulfonamides is 1. The molecule has 0 aliphatic carbocycles. The number of nitrogens with two attached hydrogens (primary N) is 1. The molecule has 21 heavy (non-hydrogen) atoms. The number of fused-ring (bicyclic) bond motifs is 1. The molecule has 0 saturated heterocycles. The summed E-state index contributed by atoms with van der Waals surface area (Å²) in [5, 5.41) is 8.15. The Morgan fingerprint density at radius 1 is 1.48 bits per heavy atom. The summed E-state index contributed by atoms with van der Waals surface area (Å²) in [6.07, 6.45) is 1.58. The third kappa shape index (κ3) is 4.59. The molecule has 1 aliphatic heterocycles. The summed E-state index contributed by atoms with van der Waals surface area (Å²) in [6.45, 7) is 3.21. The molecule has 2 rings (SSSR count). The van der Waals surface area contributed by atoms with Gasteiger partial charge in [0.1, 0.15) is 17.6 Å². The maximum absolute atomic E-state index is 10.8. The van der Waals surface area contributed by atoms with Crippen molar-refractivity contribution in [3.8, 4) is 11.5 Å². The van der Waals surface area contributed by atoms with Gasteiger partial charge in [0.2, 0.25) is 10.0 Å². The highest BCUT2D eigenvalue weighted by molar-refractivity contribution is 7.89. The molecule has 7 heteroatoms. The van der Waals surface area contributed by atoms with Gasteiger partial charge < -0.3 is 14.8 Å². The first-order valence-corrected chi connectivity index (χ1v) is 8.68. The van der Waals surface area contributed by atoms with Crippen molar-refractivity contribution in [3.63, 3.8) is 0 Å². The van der Waals surface area contributed by atoms with Crippen LogP contribution >= 0.6 is 0 Å². The van der Waals surface area contributed by atoms with Crippen molar-refractivity contribution in [3.05, 3.63) is 23.3 Å². The van der Waals surface area contributed by atoms with Crippen LogP contribution in [0.5, 0.6) is 11.5 Å². The van der Waals surface area contributed by atoms with Gasteiger partial charge in [0, 0.05) is 24.1 Å². The molecule has 0 bridgehead atoms. The molecule has 1 aromatic carbocycles. The van der Waals surface area contributed by atoms with Crippen LogP contribution in [0.2, 0.25) is 0 Å². The quantitative estimate of drug-likeness (QED) is 0.726. The summed E-state index contributed by atoms with van der Waals surface area (Å²) in [4.78, 5) is 0. The highest BCUT2D eigenvalue weighted by Crippen LogP contribution is 2.34. The zero-order chi connectivity index (χ0) is 15.5. The Morgan fingerprint density at radius 2 is 2.24 bits per heavy atom. The highest BCUT2D eigenvalue weighted by Gasteiger charge is 2.21. The van der Waals surface area contributed by atoms with Crippen molar-refractivity contribution in [1.29, 1.82) is 0 Å². The van der Waals surface area contributed by atoms with Gasteiger partial charge in [-0.05, 0) is 32.0 Å². The number of ether oxygens (including phenoxy) is 2. The van der Waals surface area contributed by atoms with E-state index >= 15 is 0 Å². The molecule has 0 fully saturated rings. The monoisotopic (exact) mass is 314 g/mol. The maximum atomic E-state index is 10.8. The maximum Gasteiger partial charge on any atom is 0.209 e. The van der Waals surface area contributed by atoms with Gasteiger partial charge >= 0.3 is 0 Å². The Kier molecular flexibility index (Phi) is 5.08. The van der Waals surface area contributed by atoms with Crippen molar-refractivity contribution in [1.82, 2.24) is 5.32 Å². The summed E-state index contributed by atoms with van der Waals surface area (Å²) < 4.78 is 32.8. The van der Waals surface area contributed by atoms with Crippen LogP contribution in [0, 0.1) is 0 Å². The molecule has 0 amide bonds. The van der Waals surface area contributed by atoms with E-state index in [1.165, 1.54) is 0 Å². The fourth-order valence-corrected chi connectivity index (χ4v) is 2.98. The van der Waals surface area contributed by atoms with Crippen molar-refractivity contribution < 1.29 is 17.9 Å². The average Bonchev–Trinajstić information content (AvgIpc) is 2.75. The summed E-state index contributed by atoms with van der Waals surface area (Å²) in [7, 11) is -1.74. The molecule has 118 valence electrons. The predicted octanol–water partition coefficient (Wildman–Crippen LogP) is 0.787. The first-order valence-electron chi connectivity index (χ1n) is 6.96. The summed E-state index contributed by atoms with van der Waals surface area (Å²) in [6, 6.07) is 4.00. The van der Waals surface area contributed by atoms with E-state index in [2.05, 4.69) is 5.32 Å². The lowest BCUT2D eigenvalue weighted by Gasteiger charge is -2.12. The van der Waals surface area contributed by atoms with E-state index in [4.69, 9.17) is 14.6 Å². The molecular weight excluding hydrogens is 292 g/mol. The van der Waals surface area contributed by atoms with Gasteiger partial charge in [0.25, 0.3) is 0 Å². The van der Waals surface area contributed by atoms with Crippen molar-refractivity contribution >= 4 is 10.0 Å². The number of hydrogen-bond acceptors (Lipinski definition) is 5. The van der Waals surface area contributed by atoms with Crippen LogP contribution in [0.15, 0.2) is 12.1 Å². The molecule has 0 saturated carbocycles. The van der Waals surface area contributed by atoms with Crippen LogP contribution in [0.4, 0.5) is 0 Å². The van der Waals surface area contributed by atoms with Crippen LogP contribution in [-0.2, 0) is 23.0 Å². The number of nitrogens with one attached hydrogen (secondary N) is 1. The summed E-state index contributed by atoms with van der Waals surface area (Å²) >= 11 is 0. The molecule has 1 aromatic rings. The molecular formula is C14H22N2O4S. The zero-order valence-electron chi connectivity index (χ0n) is 12.4. The number of hydrogen-bond donors (Lipinski definition) is 2. The Hall–Kier alpha value is -1.31. The average molecular weight is 314 g/mol. The Bertz CT molecular complexity index is 601. The van der Waals surface area contributed by atoms with E-state index in [1.807, 2.05) is 19.1 Å². The number of sulfonamides is 1. The normalized spacial score (nSPS) is 17.4. The van der Waals surface area contributed by atoms with Crippen LogP contribution in [0.25, 0.3) is 0 Å². The fourth-order valence-electron chi connectivity index (χ4n) is 2.43. The summed E-state index contributed by atoms with van der Waals surface area (Å²) in [5.41, 5.74) is 2.17. The van der Waals surface area contributed by atoms with E-state index in [9.17, 15) is 8.42 Å². The smallest absolute Gasteiger partial charge is 0.209 e. The lowest BCUT2D eigenvalue weighted by molar-refractivity contribution is 0.254. The van der Waals surface area contributed by atoms with Crippen LogP contribution in [-0.4, -0.2) is 33.9 Å². The SMILES string of the molecule is COc1cc2c(cc1CNCCCS(N)(=O)=O)OC(C)C2. The number of benzene rings is 1. The molecule has 1 heterocycles. The molecule has 0 radical (unpaired) electrons. The Labute approximate surface area is 125 Å². The third-order valence-corrected chi connectivity index (χ3v) is 4.25. The van der Waals surface area contributed by atoms with Gasteiger partial charge in [-0.15, -0.1) is 0 Å². The molecule has 3 N–H and O–H groups in total. The lowest BCUT2D eigenvalue weighted by Crippen LogP contribution is -2.22. The van der Waals surface area contributed by atoms with Crippen molar-refractivity contribution in [2.75, 3.05) is 19.4 Å². The number of rotatable bonds is 7. The molecule has 1 aliphatic rings. The van der Waals surface area contributed by atoms with Gasteiger partial charge in [-0.2, -0.15) is 0 Å². The van der Waals surface area contributed by atoms with E-state index < -0.39 is 10.0 Å². The van der Waals surface area contributed by atoms with Crippen molar-refractivity contribution in [2.24, 2.45) is 5.14 Å². The van der Waals surface area contributed by atoms with E-state index in [1.54, 1.807) is 7.11 Å².